The minimum atomic E-state index is -3.23. The Balaban J connectivity index is 1.67. The Kier molecular flexibility index (Phi) is 16.4. The molecule has 0 aromatic carbocycles. The number of fused-ring (bicyclic) bond motifs is 5. The first-order valence-corrected chi connectivity index (χ1v) is 22.4. The van der Waals surface area contributed by atoms with Crippen LogP contribution in [0, 0.1) is 17.8 Å². The summed E-state index contributed by atoms with van der Waals surface area (Å²) in [6, 6.07) is 4.89. The molecule has 4 N–H and O–H groups in total. The highest BCUT2D eigenvalue weighted by Gasteiger charge is 2.56. The molecular weight excluding hydrogens is 840 g/mol. The lowest BCUT2D eigenvalue weighted by Gasteiger charge is -2.47. The number of halogens is 1. The fraction of sp³-hybridized carbons (Fsp3) is 0.705. The number of Topliss-reactive ketones (excluding diaryl/α,β-unsaturated/α-hetero) is 1. The van der Waals surface area contributed by atoms with Gasteiger partial charge in [-0.1, -0.05) is 45.8 Å². The zero-order valence-corrected chi connectivity index (χ0v) is 39.0. The number of aromatic nitrogens is 2. The number of aliphatic hydroxyl groups excluding tert-OH is 1. The Morgan fingerprint density at radius 3 is 2.48 bits per heavy atom. The second kappa shape index (κ2) is 20.6. The van der Waals surface area contributed by atoms with E-state index in [1.54, 1.807) is 46.0 Å². The van der Waals surface area contributed by atoms with Crippen LogP contribution in [0.5, 0.6) is 0 Å². The summed E-state index contributed by atoms with van der Waals surface area (Å²) >= 11 is 1.34. The quantitative estimate of drug-likeness (QED) is 0.176. The van der Waals surface area contributed by atoms with E-state index in [0.717, 1.165) is 11.8 Å². The van der Waals surface area contributed by atoms with Crippen LogP contribution in [-0.4, -0.2) is 141 Å². The van der Waals surface area contributed by atoms with Crippen LogP contribution < -0.4 is 5.73 Å². The monoisotopic (exact) mass is 904 g/mol. The van der Waals surface area contributed by atoms with E-state index in [9.17, 15) is 24.6 Å². The molecule has 0 radical (unpaired) electrons. The van der Waals surface area contributed by atoms with Crippen LogP contribution in [0.25, 0.3) is 10.6 Å². The highest BCUT2D eigenvalue weighted by molar-refractivity contribution is 7.15. The number of nitrogens with zero attached hydrogens (tertiary/aromatic N) is 5. The smallest absolute Gasteiger partial charge is 0.351 e. The van der Waals surface area contributed by atoms with E-state index >= 15 is 4.39 Å². The molecule has 1 amide bonds. The molecule has 3 saturated heterocycles. The predicted molar refractivity (Wildman–Crippen MR) is 234 cm³/mol. The molecule has 3 aliphatic rings. The minimum Gasteiger partial charge on any atom is -0.457 e. The second-order valence-electron chi connectivity index (χ2n) is 17.8. The summed E-state index contributed by atoms with van der Waals surface area (Å²) in [4.78, 5) is 63.4. The van der Waals surface area contributed by atoms with Gasteiger partial charge in [0.2, 0.25) is 5.91 Å². The van der Waals surface area contributed by atoms with Crippen LogP contribution in [0.2, 0.25) is 0 Å². The largest absolute Gasteiger partial charge is 0.457 e. The number of alkyl halides is 1. The number of cyclic esters (lactones) is 1. The number of nitrogens with two attached hydrogens (primary N) is 1. The third-order valence-electron chi connectivity index (χ3n) is 12.4. The molecule has 2 bridgehead atoms. The summed E-state index contributed by atoms with van der Waals surface area (Å²) in [6.45, 7) is 13.4. The molecule has 0 saturated carbocycles. The van der Waals surface area contributed by atoms with Crippen molar-refractivity contribution in [1.29, 1.82) is 0 Å². The maximum Gasteiger partial charge on any atom is 0.351 e. The van der Waals surface area contributed by atoms with Crippen LogP contribution in [0.4, 0.5) is 10.2 Å². The molecule has 5 rings (SSSR count). The predicted octanol–water partition coefficient (Wildman–Crippen LogP) is 4.70. The number of hydrogen-bond acceptors (Lipinski definition) is 17. The number of ketones is 1. The molecule has 17 nitrogen and oxygen atoms in total. The summed E-state index contributed by atoms with van der Waals surface area (Å²) < 4.78 is 48.9. The molecule has 13 atom stereocenters. The zero-order chi connectivity index (χ0) is 46.6. The number of hydrogen-bond donors (Lipinski definition) is 3. The van der Waals surface area contributed by atoms with Gasteiger partial charge in [-0.2, -0.15) is 0 Å². The van der Waals surface area contributed by atoms with Crippen molar-refractivity contribution in [2.75, 3.05) is 33.0 Å². The Morgan fingerprint density at radius 1 is 1.11 bits per heavy atom. The van der Waals surface area contributed by atoms with E-state index in [1.807, 2.05) is 38.9 Å². The van der Waals surface area contributed by atoms with Crippen molar-refractivity contribution < 1.29 is 57.5 Å². The number of anilines is 1. The van der Waals surface area contributed by atoms with Crippen molar-refractivity contribution in [1.82, 2.24) is 14.9 Å². The number of rotatable bonds is 9. The van der Waals surface area contributed by atoms with Gasteiger partial charge in [0, 0.05) is 36.2 Å². The molecule has 0 spiro atoms. The van der Waals surface area contributed by atoms with E-state index in [-0.39, 0.29) is 44.8 Å². The summed E-state index contributed by atoms with van der Waals surface area (Å²) in [7, 11) is 3.63. The molecule has 5 heterocycles. The van der Waals surface area contributed by atoms with Gasteiger partial charge in [-0.3, -0.25) is 9.59 Å². The lowest BCUT2D eigenvalue weighted by molar-refractivity contribution is -0.296. The van der Waals surface area contributed by atoms with Gasteiger partial charge in [0.1, 0.15) is 34.3 Å². The van der Waals surface area contributed by atoms with Crippen molar-refractivity contribution in [2.24, 2.45) is 27.9 Å². The molecule has 3 fully saturated rings. The van der Waals surface area contributed by atoms with E-state index < -0.39 is 95.1 Å². The number of ether oxygens (including phenoxy) is 5. The van der Waals surface area contributed by atoms with Gasteiger partial charge in [0.05, 0.1) is 47.7 Å². The van der Waals surface area contributed by atoms with Crippen LogP contribution in [0.15, 0.2) is 34.5 Å². The standard InChI is InChI=1S/C44H65FN6O11S/c1-12-31-44(9,56)39-25(5)35(49-33(52)13-2)23(3)18-42(7,58-21-27(20-57-39)50-59-22-34-47-19-30(63-34)28-15-14-16-32(46)48-28)38(26(6)37(54)43(8,45)41(55)61-31)62-40-36(53)29(51(10)11)17-24(4)60-40/h14-16,19,23-26,29,31,36,38-40,53,56H,12-13,17-18,20-22H2,1-11H3,(H2,46,48)/b49-35?,50-27+/t23-,24-,25+,26+,29+,31-,36-,38-,39+,40+,42-,43+,44-/m1/s1. The van der Waals surface area contributed by atoms with Crippen LogP contribution >= 0.6 is 11.3 Å². The van der Waals surface area contributed by atoms with Crippen LogP contribution in [0.1, 0.15) is 93.0 Å². The summed E-state index contributed by atoms with van der Waals surface area (Å²) in [5.74, 6) is -5.68. The van der Waals surface area contributed by atoms with Gasteiger partial charge in [0.25, 0.3) is 5.67 Å². The molecule has 63 heavy (non-hydrogen) atoms. The van der Waals surface area contributed by atoms with Gasteiger partial charge in [-0.15, -0.1) is 11.3 Å². The van der Waals surface area contributed by atoms with Crippen LogP contribution in [-0.2, 0) is 49.5 Å². The Morgan fingerprint density at radius 2 is 1.83 bits per heavy atom. The molecule has 3 aliphatic heterocycles. The number of pyridine rings is 1. The van der Waals surface area contributed by atoms with Crippen molar-refractivity contribution in [2.45, 2.75) is 154 Å². The summed E-state index contributed by atoms with van der Waals surface area (Å²) in [6.07, 6.45) is -4.82. The number of aliphatic hydroxyl groups is 2. The molecule has 0 aliphatic carbocycles. The van der Waals surface area contributed by atoms with Gasteiger partial charge in [-0.25, -0.2) is 24.1 Å². The number of carbonyl (C=O) groups is 3. The lowest BCUT2D eigenvalue weighted by Crippen LogP contribution is -2.61. The number of thiazole rings is 1. The number of likely N-dealkylation sites (N-methyl/N-ethyl adjacent to an activating group) is 1. The molecule has 2 aromatic heterocycles. The topological polar surface area (TPSA) is 227 Å². The average Bonchev–Trinajstić information content (AvgIpc) is 3.70. The molecule has 2 aromatic rings. The van der Waals surface area contributed by atoms with Gasteiger partial charge < -0.3 is 49.4 Å². The fourth-order valence-electron chi connectivity index (χ4n) is 8.91. The number of amides is 1. The molecular formula is C44H65FN6O11S. The zero-order valence-electron chi connectivity index (χ0n) is 38.2. The third-order valence-corrected chi connectivity index (χ3v) is 13.4. The van der Waals surface area contributed by atoms with E-state index in [2.05, 4.69) is 20.1 Å². The highest BCUT2D eigenvalue weighted by atomic mass is 32.1. The molecule has 350 valence electrons. The summed E-state index contributed by atoms with van der Waals surface area (Å²) in [5, 5.41) is 29.1. The number of esters is 1. The Bertz CT molecular complexity index is 2000. The maximum atomic E-state index is 17.0. The van der Waals surface area contributed by atoms with Crippen LogP contribution in [0.3, 0.4) is 0 Å². The molecule has 19 heteroatoms. The van der Waals surface area contributed by atoms with Gasteiger partial charge >= 0.3 is 5.97 Å². The Hall–Kier alpha value is -3.82. The fourth-order valence-corrected chi connectivity index (χ4v) is 9.71. The van der Waals surface area contributed by atoms with Gasteiger partial charge in [-0.05, 0) is 79.1 Å². The van der Waals surface area contributed by atoms with Crippen molar-refractivity contribution in [3.8, 4) is 10.6 Å². The highest BCUT2D eigenvalue weighted by Crippen LogP contribution is 2.41. The second-order valence-corrected chi connectivity index (χ2v) is 18.9. The first kappa shape index (κ1) is 50.2. The first-order valence-electron chi connectivity index (χ1n) is 21.6. The van der Waals surface area contributed by atoms with Crippen molar-refractivity contribution in [3.63, 3.8) is 0 Å². The van der Waals surface area contributed by atoms with Crippen molar-refractivity contribution >= 4 is 46.2 Å². The summed E-state index contributed by atoms with van der Waals surface area (Å²) in [5.41, 5.74) is 0.200. The molecule has 0 unspecified atom stereocenters. The first-order chi connectivity index (χ1) is 29.5. The number of nitrogen functional groups attached to an aromatic ring is 1. The lowest BCUT2D eigenvalue weighted by atomic mass is 9.73. The third kappa shape index (κ3) is 11.4. The van der Waals surface area contributed by atoms with Crippen molar-refractivity contribution in [3.05, 3.63) is 29.4 Å². The Labute approximate surface area is 372 Å². The number of aliphatic imine (C=N–C) groups is 1. The number of carbonyl (C=O) groups excluding carboxylic acids is 3. The normalized spacial score (nSPS) is 37.6. The average molecular weight is 905 g/mol. The SMILES string of the molecule is CCC(=O)N=C1[C@H](C)C[C@@]2(C)OC/C(=N/OCc3ncc(-c4cccc(N)n4)s3)CO[C@@H]([C@H]1C)[C@](C)(O)[C@@H](CC)OC(=O)[C@@](C)(F)C(=O)[C@H](C)[C@H]2O[C@@H]1O[C@H](C)C[C@H](N(C)C)[C@H]1O. The van der Waals surface area contributed by atoms with E-state index in [1.165, 1.54) is 25.2 Å². The van der Waals surface area contributed by atoms with Gasteiger partial charge in [0.15, 0.2) is 18.7 Å². The number of oxime groups is 1. The van der Waals surface area contributed by atoms with E-state index in [0.29, 0.717) is 28.7 Å². The maximum absolute atomic E-state index is 17.0. The van der Waals surface area contributed by atoms with E-state index in [4.69, 9.17) is 34.3 Å². The minimum absolute atomic E-state index is 0.00148.